The first-order valence-electron chi connectivity index (χ1n) is 4.33. The monoisotopic (exact) mass is 192 g/mol. The number of nitro benzene ring substituents is 1. The maximum absolute atomic E-state index is 10.3. The average Bonchev–Trinajstić information content (AvgIpc) is 2.19. The average molecular weight is 192 g/mol. The molecule has 0 saturated carbocycles. The molecule has 0 amide bonds. The first kappa shape index (κ1) is 10.2. The number of allylic oxidation sites excluding steroid dienone is 1. The smallest absolute Gasteiger partial charge is 0.269 e. The summed E-state index contributed by atoms with van der Waals surface area (Å²) in [5, 5.41) is 13.4. The SMILES string of the molecule is CC=CCNc1ccc([N+](=O)[O-])cc1. The molecule has 0 saturated heterocycles. The summed E-state index contributed by atoms with van der Waals surface area (Å²) in [6.07, 6.45) is 3.92. The summed E-state index contributed by atoms with van der Waals surface area (Å²) in [5.74, 6) is 0. The van der Waals surface area contributed by atoms with Gasteiger partial charge < -0.3 is 5.32 Å². The summed E-state index contributed by atoms with van der Waals surface area (Å²) in [6, 6.07) is 6.36. The lowest BCUT2D eigenvalue weighted by atomic mass is 10.3. The minimum absolute atomic E-state index is 0.113. The number of hydrogen-bond acceptors (Lipinski definition) is 3. The second-order valence-electron chi connectivity index (χ2n) is 2.75. The molecule has 0 aliphatic carbocycles. The summed E-state index contributed by atoms with van der Waals surface area (Å²) in [4.78, 5) is 9.94. The van der Waals surface area contributed by atoms with Crippen LogP contribution in [0.5, 0.6) is 0 Å². The van der Waals surface area contributed by atoms with E-state index in [1.54, 1.807) is 12.1 Å². The van der Waals surface area contributed by atoms with E-state index in [9.17, 15) is 10.1 Å². The molecule has 1 aromatic rings. The Morgan fingerprint density at radius 2 is 2.07 bits per heavy atom. The fraction of sp³-hybridized carbons (Fsp3) is 0.200. The molecule has 0 fully saturated rings. The van der Waals surface area contributed by atoms with Gasteiger partial charge in [0, 0.05) is 24.4 Å². The van der Waals surface area contributed by atoms with E-state index in [0.717, 1.165) is 12.2 Å². The highest BCUT2D eigenvalue weighted by Gasteiger charge is 2.02. The zero-order chi connectivity index (χ0) is 10.4. The Morgan fingerprint density at radius 3 is 2.57 bits per heavy atom. The Balaban J connectivity index is 2.59. The van der Waals surface area contributed by atoms with Crippen molar-refractivity contribution in [1.29, 1.82) is 0 Å². The minimum atomic E-state index is -0.407. The van der Waals surface area contributed by atoms with E-state index in [4.69, 9.17) is 0 Å². The summed E-state index contributed by atoms with van der Waals surface area (Å²) in [6.45, 7) is 2.67. The summed E-state index contributed by atoms with van der Waals surface area (Å²) >= 11 is 0. The molecule has 0 atom stereocenters. The molecular weight excluding hydrogens is 180 g/mol. The topological polar surface area (TPSA) is 55.2 Å². The van der Waals surface area contributed by atoms with Gasteiger partial charge in [-0.1, -0.05) is 12.2 Å². The van der Waals surface area contributed by atoms with Crippen LogP contribution in [0.1, 0.15) is 6.92 Å². The van der Waals surface area contributed by atoms with E-state index in [0.29, 0.717) is 0 Å². The first-order valence-corrected chi connectivity index (χ1v) is 4.33. The predicted molar refractivity (Wildman–Crippen MR) is 56.4 cm³/mol. The lowest BCUT2D eigenvalue weighted by Crippen LogP contribution is -1.97. The van der Waals surface area contributed by atoms with Crippen molar-refractivity contribution in [3.8, 4) is 0 Å². The molecule has 1 N–H and O–H groups in total. The normalized spacial score (nSPS) is 10.4. The Bertz CT molecular complexity index is 330. The number of nitro groups is 1. The van der Waals surface area contributed by atoms with Crippen LogP contribution in [0.4, 0.5) is 11.4 Å². The van der Waals surface area contributed by atoms with E-state index < -0.39 is 4.92 Å². The third-order valence-electron chi connectivity index (χ3n) is 1.74. The van der Waals surface area contributed by atoms with E-state index in [1.165, 1.54) is 12.1 Å². The van der Waals surface area contributed by atoms with E-state index in [1.807, 2.05) is 19.1 Å². The van der Waals surface area contributed by atoms with Gasteiger partial charge in [-0.2, -0.15) is 0 Å². The highest BCUT2D eigenvalue weighted by Crippen LogP contribution is 2.14. The Hall–Kier alpha value is -1.84. The summed E-state index contributed by atoms with van der Waals surface area (Å²) in [5.41, 5.74) is 0.996. The zero-order valence-electron chi connectivity index (χ0n) is 7.93. The summed E-state index contributed by atoms with van der Waals surface area (Å²) in [7, 11) is 0. The molecule has 1 aromatic carbocycles. The van der Waals surface area contributed by atoms with Gasteiger partial charge in [0.1, 0.15) is 0 Å². The van der Waals surface area contributed by atoms with E-state index >= 15 is 0 Å². The second kappa shape index (κ2) is 5.01. The molecule has 0 unspecified atom stereocenters. The quantitative estimate of drug-likeness (QED) is 0.453. The van der Waals surface area contributed by atoms with Crippen molar-refractivity contribution in [2.24, 2.45) is 0 Å². The molecule has 0 aliphatic heterocycles. The van der Waals surface area contributed by atoms with Gasteiger partial charge in [0.15, 0.2) is 0 Å². The third kappa shape index (κ3) is 2.90. The number of nitrogens with zero attached hydrogens (tertiary/aromatic N) is 1. The number of benzene rings is 1. The van der Waals surface area contributed by atoms with Crippen molar-refractivity contribution in [2.75, 3.05) is 11.9 Å². The fourth-order valence-electron chi connectivity index (χ4n) is 0.996. The lowest BCUT2D eigenvalue weighted by Gasteiger charge is -2.01. The molecule has 0 spiro atoms. The maximum atomic E-state index is 10.3. The molecule has 0 radical (unpaired) electrons. The van der Waals surface area contributed by atoms with Gasteiger partial charge in [-0.05, 0) is 19.1 Å². The van der Waals surface area contributed by atoms with Crippen molar-refractivity contribution >= 4 is 11.4 Å². The van der Waals surface area contributed by atoms with Crippen LogP contribution in [-0.2, 0) is 0 Å². The molecular formula is C10H12N2O2. The number of nitrogens with one attached hydrogen (secondary N) is 1. The van der Waals surface area contributed by atoms with Gasteiger partial charge in [-0.15, -0.1) is 0 Å². The van der Waals surface area contributed by atoms with Gasteiger partial charge in [-0.3, -0.25) is 10.1 Å². The lowest BCUT2D eigenvalue weighted by molar-refractivity contribution is -0.384. The van der Waals surface area contributed by atoms with Gasteiger partial charge in [-0.25, -0.2) is 0 Å². The standard InChI is InChI=1S/C10H12N2O2/c1-2-3-8-11-9-4-6-10(7-5-9)12(13)14/h2-7,11H,8H2,1H3. The van der Waals surface area contributed by atoms with Crippen molar-refractivity contribution < 1.29 is 4.92 Å². The van der Waals surface area contributed by atoms with E-state index in [2.05, 4.69) is 5.32 Å². The van der Waals surface area contributed by atoms with Gasteiger partial charge in [0.05, 0.1) is 4.92 Å². The first-order chi connectivity index (χ1) is 6.74. The van der Waals surface area contributed by atoms with Crippen LogP contribution in [0.2, 0.25) is 0 Å². The number of hydrogen-bond donors (Lipinski definition) is 1. The van der Waals surface area contributed by atoms with Crippen molar-refractivity contribution in [3.63, 3.8) is 0 Å². The highest BCUT2D eigenvalue weighted by atomic mass is 16.6. The molecule has 0 heterocycles. The predicted octanol–water partition coefficient (Wildman–Crippen LogP) is 2.58. The Kier molecular flexibility index (Phi) is 3.67. The third-order valence-corrected chi connectivity index (χ3v) is 1.74. The maximum Gasteiger partial charge on any atom is 0.269 e. The number of anilines is 1. The molecule has 0 aromatic heterocycles. The number of non-ortho nitro benzene ring substituents is 1. The molecule has 4 nitrogen and oxygen atoms in total. The summed E-state index contributed by atoms with van der Waals surface area (Å²) < 4.78 is 0. The van der Waals surface area contributed by atoms with Gasteiger partial charge in [0.25, 0.3) is 5.69 Å². The van der Waals surface area contributed by atoms with Crippen LogP contribution in [0.15, 0.2) is 36.4 Å². The molecule has 74 valence electrons. The fourth-order valence-corrected chi connectivity index (χ4v) is 0.996. The van der Waals surface area contributed by atoms with Crippen LogP contribution in [-0.4, -0.2) is 11.5 Å². The molecule has 0 aliphatic rings. The van der Waals surface area contributed by atoms with Gasteiger partial charge in [0.2, 0.25) is 0 Å². The molecule has 4 heteroatoms. The van der Waals surface area contributed by atoms with Crippen molar-refractivity contribution in [3.05, 3.63) is 46.5 Å². The Labute approximate surface area is 82.4 Å². The zero-order valence-corrected chi connectivity index (χ0v) is 7.93. The van der Waals surface area contributed by atoms with Crippen molar-refractivity contribution in [2.45, 2.75) is 6.92 Å². The second-order valence-corrected chi connectivity index (χ2v) is 2.75. The van der Waals surface area contributed by atoms with Gasteiger partial charge >= 0.3 is 0 Å². The van der Waals surface area contributed by atoms with Crippen LogP contribution >= 0.6 is 0 Å². The minimum Gasteiger partial charge on any atom is -0.382 e. The van der Waals surface area contributed by atoms with Crippen LogP contribution in [0.3, 0.4) is 0 Å². The molecule has 0 bridgehead atoms. The van der Waals surface area contributed by atoms with Crippen molar-refractivity contribution in [1.82, 2.24) is 0 Å². The van der Waals surface area contributed by atoms with Crippen LogP contribution in [0.25, 0.3) is 0 Å². The van der Waals surface area contributed by atoms with E-state index in [-0.39, 0.29) is 5.69 Å². The largest absolute Gasteiger partial charge is 0.382 e. The highest BCUT2D eigenvalue weighted by molar-refractivity contribution is 5.48. The Morgan fingerprint density at radius 1 is 1.43 bits per heavy atom. The molecule has 14 heavy (non-hydrogen) atoms. The number of rotatable bonds is 4. The van der Waals surface area contributed by atoms with Crippen LogP contribution in [0, 0.1) is 10.1 Å². The van der Waals surface area contributed by atoms with Crippen LogP contribution < -0.4 is 5.32 Å². The molecule has 1 rings (SSSR count).